The third-order valence-electron chi connectivity index (χ3n) is 4.46. The van der Waals surface area contributed by atoms with Crippen LogP contribution in [-0.4, -0.2) is 42.9 Å². The lowest BCUT2D eigenvalue weighted by atomic mass is 9.95. The molecule has 0 spiro atoms. The van der Waals surface area contributed by atoms with Crippen molar-refractivity contribution in [1.82, 2.24) is 4.90 Å². The highest BCUT2D eigenvalue weighted by atomic mass is 16.5. The largest absolute Gasteiger partial charge is 0.388 e. The van der Waals surface area contributed by atoms with Crippen LogP contribution < -0.4 is 0 Å². The number of nitrogens with zero attached hydrogens (tertiary/aromatic N) is 1. The summed E-state index contributed by atoms with van der Waals surface area (Å²) in [5, 5.41) is 10.3. The number of likely N-dealkylation sites (tertiary alicyclic amines) is 1. The van der Waals surface area contributed by atoms with Crippen LogP contribution in [0.2, 0.25) is 0 Å². The molecule has 3 atom stereocenters. The number of methoxy groups -OCH3 is 1. The smallest absolute Gasteiger partial charge is 0.0802 e. The maximum Gasteiger partial charge on any atom is 0.0802 e. The molecule has 1 fully saturated rings. The van der Waals surface area contributed by atoms with Crippen LogP contribution in [0.3, 0.4) is 0 Å². The second-order valence-corrected chi connectivity index (χ2v) is 6.06. The van der Waals surface area contributed by atoms with Crippen molar-refractivity contribution in [3.8, 4) is 0 Å². The van der Waals surface area contributed by atoms with E-state index in [1.54, 1.807) is 7.11 Å². The summed E-state index contributed by atoms with van der Waals surface area (Å²) in [5.41, 5.74) is 2.25. The van der Waals surface area contributed by atoms with E-state index in [4.69, 9.17) is 4.74 Å². The summed E-state index contributed by atoms with van der Waals surface area (Å²) in [6, 6.07) is 8.16. The summed E-state index contributed by atoms with van der Waals surface area (Å²) in [6.07, 6.45) is 1.93. The third kappa shape index (κ3) is 4.05. The van der Waals surface area contributed by atoms with Crippen LogP contribution in [0.4, 0.5) is 0 Å². The highest BCUT2D eigenvalue weighted by Crippen LogP contribution is 2.22. The Morgan fingerprint density at radius 2 is 2.05 bits per heavy atom. The zero-order valence-corrected chi connectivity index (χ0v) is 12.9. The molecule has 1 aromatic rings. The lowest BCUT2D eigenvalue weighted by Crippen LogP contribution is -2.44. The molecule has 0 radical (unpaired) electrons. The van der Waals surface area contributed by atoms with E-state index in [2.05, 4.69) is 30.9 Å². The Labute approximate surface area is 122 Å². The molecule has 1 aliphatic heterocycles. The van der Waals surface area contributed by atoms with Crippen LogP contribution in [0.5, 0.6) is 0 Å². The molecule has 0 saturated carbocycles. The van der Waals surface area contributed by atoms with Gasteiger partial charge in [0.2, 0.25) is 0 Å². The molecule has 3 nitrogen and oxygen atoms in total. The van der Waals surface area contributed by atoms with Crippen LogP contribution in [0.1, 0.15) is 37.0 Å². The Balaban J connectivity index is 1.81. The molecule has 1 N–H and O–H groups in total. The summed E-state index contributed by atoms with van der Waals surface area (Å²) in [4.78, 5) is 2.41. The second kappa shape index (κ2) is 7.21. The first-order chi connectivity index (χ1) is 9.60. The molecule has 0 amide bonds. The third-order valence-corrected chi connectivity index (χ3v) is 4.46. The van der Waals surface area contributed by atoms with Crippen LogP contribution in [0.25, 0.3) is 0 Å². The lowest BCUT2D eigenvalue weighted by molar-refractivity contribution is -0.00867. The maximum absolute atomic E-state index is 10.3. The highest BCUT2D eigenvalue weighted by molar-refractivity contribution is 5.23. The minimum absolute atomic E-state index is 0.334. The van der Waals surface area contributed by atoms with Crippen molar-refractivity contribution >= 4 is 0 Å². The number of benzene rings is 1. The predicted octanol–water partition coefficient (Wildman–Crippen LogP) is 2.78. The second-order valence-electron chi connectivity index (χ2n) is 6.06. The van der Waals surface area contributed by atoms with Crippen molar-refractivity contribution in [2.45, 2.75) is 38.9 Å². The number of aliphatic hydroxyl groups excluding tert-OH is 1. The van der Waals surface area contributed by atoms with Crippen molar-refractivity contribution in [3.63, 3.8) is 0 Å². The van der Waals surface area contributed by atoms with Gasteiger partial charge in [-0.25, -0.2) is 0 Å². The number of piperidine rings is 1. The number of hydrogen-bond acceptors (Lipinski definition) is 3. The van der Waals surface area contributed by atoms with E-state index in [0.717, 1.165) is 31.6 Å². The molecule has 3 heteroatoms. The van der Waals surface area contributed by atoms with Crippen molar-refractivity contribution in [2.24, 2.45) is 5.92 Å². The maximum atomic E-state index is 10.3. The molecule has 0 aromatic heterocycles. The quantitative estimate of drug-likeness (QED) is 0.898. The van der Waals surface area contributed by atoms with Crippen molar-refractivity contribution in [2.75, 3.05) is 26.7 Å². The van der Waals surface area contributed by atoms with Crippen LogP contribution in [0.15, 0.2) is 24.3 Å². The Morgan fingerprint density at radius 3 is 2.70 bits per heavy atom. The molecule has 112 valence electrons. The number of hydrogen-bond donors (Lipinski definition) is 1. The first-order valence-electron chi connectivity index (χ1n) is 7.60. The standard InChI is InChI=1S/C17H27NO2/c1-13-4-6-15(7-5-13)16(19)9-11-18-10-8-14(2)17(12-18)20-3/h4-7,14,16-17,19H,8-12H2,1-3H3. The monoisotopic (exact) mass is 277 g/mol. The summed E-state index contributed by atoms with van der Waals surface area (Å²) < 4.78 is 5.53. The van der Waals surface area contributed by atoms with Crippen molar-refractivity contribution in [3.05, 3.63) is 35.4 Å². The normalized spacial score (nSPS) is 25.6. The SMILES string of the molecule is COC1CN(CCC(O)c2ccc(C)cc2)CCC1C. The van der Waals surface area contributed by atoms with Gasteiger partial charge in [-0.2, -0.15) is 0 Å². The molecule has 1 aliphatic rings. The molecule has 2 rings (SSSR count). The number of ether oxygens (including phenoxy) is 1. The fourth-order valence-electron chi connectivity index (χ4n) is 2.87. The number of rotatable bonds is 5. The Hall–Kier alpha value is -0.900. The van der Waals surface area contributed by atoms with Crippen LogP contribution in [0, 0.1) is 12.8 Å². The van der Waals surface area contributed by atoms with Gasteiger partial charge in [-0.1, -0.05) is 36.8 Å². The molecule has 0 aliphatic carbocycles. The van der Waals surface area contributed by atoms with Gasteiger partial charge in [-0.05, 0) is 37.8 Å². The Bertz CT molecular complexity index is 404. The van der Waals surface area contributed by atoms with Gasteiger partial charge >= 0.3 is 0 Å². The Morgan fingerprint density at radius 1 is 1.35 bits per heavy atom. The molecule has 1 aromatic carbocycles. The van der Waals surface area contributed by atoms with E-state index in [0.29, 0.717) is 12.0 Å². The molecule has 1 heterocycles. The van der Waals surface area contributed by atoms with Gasteiger partial charge in [0.05, 0.1) is 12.2 Å². The summed E-state index contributed by atoms with van der Waals surface area (Å²) in [7, 11) is 1.80. The van der Waals surface area contributed by atoms with E-state index < -0.39 is 0 Å². The van der Waals surface area contributed by atoms with Gasteiger partial charge in [0.25, 0.3) is 0 Å². The fourth-order valence-corrected chi connectivity index (χ4v) is 2.87. The molecular weight excluding hydrogens is 250 g/mol. The fraction of sp³-hybridized carbons (Fsp3) is 0.647. The average molecular weight is 277 g/mol. The van der Waals surface area contributed by atoms with Gasteiger partial charge in [0.1, 0.15) is 0 Å². The Kier molecular flexibility index (Phi) is 5.58. The van der Waals surface area contributed by atoms with E-state index in [1.165, 1.54) is 12.0 Å². The minimum Gasteiger partial charge on any atom is -0.388 e. The van der Waals surface area contributed by atoms with Gasteiger partial charge in [-0.3, -0.25) is 0 Å². The molecule has 3 unspecified atom stereocenters. The lowest BCUT2D eigenvalue weighted by Gasteiger charge is -2.36. The van der Waals surface area contributed by atoms with E-state index >= 15 is 0 Å². The van der Waals surface area contributed by atoms with Gasteiger partial charge in [0, 0.05) is 20.2 Å². The number of aryl methyl sites for hydroxylation is 1. The predicted molar refractivity (Wildman–Crippen MR) is 81.8 cm³/mol. The zero-order chi connectivity index (χ0) is 14.5. The first-order valence-corrected chi connectivity index (χ1v) is 7.60. The topological polar surface area (TPSA) is 32.7 Å². The van der Waals surface area contributed by atoms with Crippen molar-refractivity contribution < 1.29 is 9.84 Å². The molecular formula is C17H27NO2. The highest BCUT2D eigenvalue weighted by Gasteiger charge is 2.26. The minimum atomic E-state index is -0.365. The summed E-state index contributed by atoms with van der Waals surface area (Å²) in [6.45, 7) is 7.35. The summed E-state index contributed by atoms with van der Waals surface area (Å²) in [5.74, 6) is 0.637. The van der Waals surface area contributed by atoms with Gasteiger partial charge < -0.3 is 14.7 Å². The first kappa shape index (κ1) is 15.5. The van der Waals surface area contributed by atoms with Crippen LogP contribution in [-0.2, 0) is 4.74 Å². The number of aliphatic hydroxyl groups is 1. The van der Waals surface area contributed by atoms with Crippen molar-refractivity contribution in [1.29, 1.82) is 0 Å². The average Bonchev–Trinajstić information content (AvgIpc) is 2.46. The van der Waals surface area contributed by atoms with E-state index in [9.17, 15) is 5.11 Å². The summed E-state index contributed by atoms with van der Waals surface area (Å²) >= 11 is 0. The van der Waals surface area contributed by atoms with Crippen LogP contribution >= 0.6 is 0 Å². The molecule has 1 saturated heterocycles. The van der Waals surface area contributed by atoms with Gasteiger partial charge in [-0.15, -0.1) is 0 Å². The molecule has 20 heavy (non-hydrogen) atoms. The van der Waals surface area contributed by atoms with Gasteiger partial charge in [0.15, 0.2) is 0 Å². The van der Waals surface area contributed by atoms with E-state index in [-0.39, 0.29) is 6.10 Å². The molecule has 0 bridgehead atoms. The van der Waals surface area contributed by atoms with E-state index in [1.807, 2.05) is 12.1 Å². The zero-order valence-electron chi connectivity index (χ0n) is 12.9.